The molecule has 2 aromatic heterocycles. The van der Waals surface area contributed by atoms with E-state index in [0.29, 0.717) is 12.2 Å². The molecule has 4 nitrogen and oxygen atoms in total. The van der Waals surface area contributed by atoms with E-state index in [2.05, 4.69) is 15.1 Å². The minimum atomic E-state index is -4.56. The molecule has 2 heterocycles. The topological polar surface area (TPSA) is 43.6 Å². The molecule has 0 spiro atoms. The Kier molecular flexibility index (Phi) is 3.25. The van der Waals surface area contributed by atoms with Gasteiger partial charge in [-0.25, -0.2) is 9.97 Å². The molecule has 0 amide bonds. The van der Waals surface area contributed by atoms with Crippen LogP contribution < -0.4 is 0 Å². The highest BCUT2D eigenvalue weighted by Gasteiger charge is 2.33. The molecule has 0 aromatic carbocycles. The van der Waals surface area contributed by atoms with Crippen LogP contribution in [0.2, 0.25) is 5.28 Å². The first-order chi connectivity index (χ1) is 8.41. The van der Waals surface area contributed by atoms with E-state index in [4.69, 9.17) is 11.6 Å². The Labute approximate surface area is 105 Å². The van der Waals surface area contributed by atoms with Crippen LogP contribution in [0.25, 0.3) is 11.4 Å². The number of nitrogens with zero attached hydrogens (tertiary/aromatic N) is 4. The van der Waals surface area contributed by atoms with E-state index >= 15 is 0 Å². The van der Waals surface area contributed by atoms with Gasteiger partial charge in [-0.1, -0.05) is 0 Å². The number of aryl methyl sites for hydroxylation is 1. The van der Waals surface area contributed by atoms with Gasteiger partial charge < -0.3 is 0 Å². The van der Waals surface area contributed by atoms with Crippen molar-refractivity contribution in [3.63, 3.8) is 0 Å². The fourth-order valence-corrected chi connectivity index (χ4v) is 1.68. The molecule has 0 saturated carbocycles. The standard InChI is InChI=1S/C10H8ClF3N4/c1-2-18-7(3-4-15-18)6-5-8(10(12,13)14)17-9(11)16-6/h3-5H,2H2,1H3. The fourth-order valence-electron chi connectivity index (χ4n) is 1.50. The molecule has 0 fully saturated rings. The lowest BCUT2D eigenvalue weighted by Crippen LogP contribution is -2.10. The lowest BCUT2D eigenvalue weighted by molar-refractivity contribution is -0.141. The molecule has 0 radical (unpaired) electrons. The van der Waals surface area contributed by atoms with E-state index in [0.717, 1.165) is 6.07 Å². The third kappa shape index (κ3) is 2.45. The van der Waals surface area contributed by atoms with E-state index in [1.807, 2.05) is 6.92 Å². The molecule has 0 aliphatic rings. The highest BCUT2D eigenvalue weighted by atomic mass is 35.5. The van der Waals surface area contributed by atoms with Crippen LogP contribution in [0.3, 0.4) is 0 Å². The summed E-state index contributed by atoms with van der Waals surface area (Å²) >= 11 is 5.52. The Morgan fingerprint density at radius 2 is 2.06 bits per heavy atom. The van der Waals surface area contributed by atoms with Gasteiger partial charge in [-0.15, -0.1) is 0 Å². The summed E-state index contributed by atoms with van der Waals surface area (Å²) in [4.78, 5) is 6.96. The highest BCUT2D eigenvalue weighted by Crippen LogP contribution is 2.30. The molecule has 0 saturated heterocycles. The van der Waals surface area contributed by atoms with Crippen LogP contribution in [0.5, 0.6) is 0 Å². The van der Waals surface area contributed by atoms with Crippen molar-refractivity contribution in [1.82, 2.24) is 19.7 Å². The summed E-state index contributed by atoms with van der Waals surface area (Å²) in [6.07, 6.45) is -3.07. The third-order valence-electron chi connectivity index (χ3n) is 2.27. The van der Waals surface area contributed by atoms with E-state index in [-0.39, 0.29) is 5.69 Å². The first-order valence-corrected chi connectivity index (χ1v) is 5.43. The van der Waals surface area contributed by atoms with Gasteiger partial charge in [0.25, 0.3) is 0 Å². The molecule has 2 rings (SSSR count). The molecular formula is C10H8ClF3N4. The maximum Gasteiger partial charge on any atom is 0.433 e. The van der Waals surface area contributed by atoms with Crippen molar-refractivity contribution in [3.8, 4) is 11.4 Å². The minimum absolute atomic E-state index is 0.0988. The lowest BCUT2D eigenvalue weighted by atomic mass is 10.2. The minimum Gasteiger partial charge on any atom is -0.264 e. The van der Waals surface area contributed by atoms with E-state index in [1.165, 1.54) is 10.9 Å². The molecule has 0 unspecified atom stereocenters. The lowest BCUT2D eigenvalue weighted by Gasteiger charge is -2.09. The Morgan fingerprint density at radius 1 is 1.33 bits per heavy atom. The molecule has 2 aromatic rings. The molecule has 18 heavy (non-hydrogen) atoms. The second-order valence-corrected chi connectivity index (χ2v) is 3.78. The summed E-state index contributed by atoms with van der Waals surface area (Å²) in [6.45, 7) is 2.34. The maximum atomic E-state index is 12.6. The van der Waals surface area contributed by atoms with Gasteiger partial charge in [0.1, 0.15) is 5.69 Å². The van der Waals surface area contributed by atoms with Crippen molar-refractivity contribution < 1.29 is 13.2 Å². The summed E-state index contributed by atoms with van der Waals surface area (Å²) < 4.78 is 39.3. The zero-order valence-electron chi connectivity index (χ0n) is 9.24. The first kappa shape index (κ1) is 12.8. The largest absolute Gasteiger partial charge is 0.433 e. The maximum absolute atomic E-state index is 12.6. The van der Waals surface area contributed by atoms with Crippen LogP contribution in [-0.4, -0.2) is 19.7 Å². The van der Waals surface area contributed by atoms with Gasteiger partial charge in [0.2, 0.25) is 5.28 Å². The van der Waals surface area contributed by atoms with Crippen LogP contribution >= 0.6 is 11.6 Å². The van der Waals surface area contributed by atoms with Gasteiger partial charge in [-0.3, -0.25) is 4.68 Å². The summed E-state index contributed by atoms with van der Waals surface area (Å²) in [5, 5.41) is 3.52. The Balaban J connectivity index is 2.56. The van der Waals surface area contributed by atoms with Crippen molar-refractivity contribution in [1.29, 1.82) is 0 Å². The normalized spacial score (nSPS) is 11.8. The third-order valence-corrected chi connectivity index (χ3v) is 2.44. The van der Waals surface area contributed by atoms with Gasteiger partial charge in [0.15, 0.2) is 0 Å². The monoisotopic (exact) mass is 276 g/mol. The van der Waals surface area contributed by atoms with Gasteiger partial charge >= 0.3 is 6.18 Å². The molecule has 0 bridgehead atoms. The number of hydrogen-bond donors (Lipinski definition) is 0. The van der Waals surface area contributed by atoms with Crippen molar-refractivity contribution in [2.24, 2.45) is 0 Å². The number of halogens is 4. The molecule has 0 N–H and O–H groups in total. The Morgan fingerprint density at radius 3 is 2.67 bits per heavy atom. The Bertz CT molecular complexity index is 564. The molecule has 8 heteroatoms. The molecule has 0 aliphatic carbocycles. The summed E-state index contributed by atoms with van der Waals surface area (Å²) in [5.41, 5.74) is -0.504. The van der Waals surface area contributed by atoms with Crippen molar-refractivity contribution in [3.05, 3.63) is 29.3 Å². The average Bonchev–Trinajstić information content (AvgIpc) is 2.74. The predicted molar refractivity (Wildman–Crippen MR) is 58.9 cm³/mol. The van der Waals surface area contributed by atoms with Gasteiger partial charge in [-0.05, 0) is 30.7 Å². The van der Waals surface area contributed by atoms with Crippen LogP contribution in [0.4, 0.5) is 13.2 Å². The van der Waals surface area contributed by atoms with E-state index in [1.54, 1.807) is 6.07 Å². The number of hydrogen-bond acceptors (Lipinski definition) is 3. The Hall–Kier alpha value is -1.63. The smallest absolute Gasteiger partial charge is 0.264 e. The van der Waals surface area contributed by atoms with Gasteiger partial charge in [-0.2, -0.15) is 18.3 Å². The van der Waals surface area contributed by atoms with Gasteiger partial charge in [0.05, 0.1) is 11.4 Å². The van der Waals surface area contributed by atoms with Crippen LogP contribution in [0, 0.1) is 0 Å². The van der Waals surface area contributed by atoms with E-state index < -0.39 is 17.2 Å². The highest BCUT2D eigenvalue weighted by molar-refractivity contribution is 6.28. The van der Waals surface area contributed by atoms with Crippen molar-refractivity contribution >= 4 is 11.6 Å². The zero-order chi connectivity index (χ0) is 13.3. The predicted octanol–water partition coefficient (Wildman–Crippen LogP) is 3.03. The molecular weight excluding hydrogens is 269 g/mol. The number of aromatic nitrogens is 4. The molecule has 0 atom stereocenters. The zero-order valence-corrected chi connectivity index (χ0v) is 10.00. The van der Waals surface area contributed by atoms with E-state index in [9.17, 15) is 13.2 Å². The summed E-state index contributed by atoms with van der Waals surface area (Å²) in [5.74, 6) is 0. The fraction of sp³-hybridized carbons (Fsp3) is 0.300. The average molecular weight is 277 g/mol. The second kappa shape index (κ2) is 4.56. The van der Waals surface area contributed by atoms with Crippen LogP contribution in [0.1, 0.15) is 12.6 Å². The molecule has 96 valence electrons. The van der Waals surface area contributed by atoms with Crippen molar-refractivity contribution in [2.75, 3.05) is 0 Å². The number of alkyl halides is 3. The first-order valence-electron chi connectivity index (χ1n) is 5.05. The van der Waals surface area contributed by atoms with Crippen LogP contribution in [-0.2, 0) is 12.7 Å². The SMILES string of the molecule is CCn1nccc1-c1cc(C(F)(F)F)nc(Cl)n1. The summed E-state index contributed by atoms with van der Waals surface area (Å²) in [6, 6.07) is 2.43. The van der Waals surface area contributed by atoms with Crippen LogP contribution in [0.15, 0.2) is 18.3 Å². The molecule has 0 aliphatic heterocycles. The van der Waals surface area contributed by atoms with Gasteiger partial charge in [0, 0.05) is 12.7 Å². The quantitative estimate of drug-likeness (QED) is 0.792. The summed E-state index contributed by atoms with van der Waals surface area (Å²) in [7, 11) is 0. The number of rotatable bonds is 2. The second-order valence-electron chi connectivity index (χ2n) is 3.44. The van der Waals surface area contributed by atoms with Crippen molar-refractivity contribution in [2.45, 2.75) is 19.6 Å².